The number of hydrogen-bond acceptors (Lipinski definition) is 2. The smallest absolute Gasteiger partial charge is 0.0695 e. The van der Waals surface area contributed by atoms with Crippen molar-refractivity contribution in [3.05, 3.63) is 0 Å². The number of aliphatic hydroxyl groups is 1. The van der Waals surface area contributed by atoms with Crippen LogP contribution >= 0.6 is 0 Å². The van der Waals surface area contributed by atoms with E-state index in [1.54, 1.807) is 0 Å². The van der Waals surface area contributed by atoms with Crippen LogP contribution in [0.15, 0.2) is 0 Å². The quantitative estimate of drug-likeness (QED) is 0.687. The lowest BCUT2D eigenvalue weighted by Crippen LogP contribution is -2.37. The molecule has 0 spiro atoms. The van der Waals surface area contributed by atoms with Crippen molar-refractivity contribution in [3.8, 4) is 0 Å². The van der Waals surface area contributed by atoms with Crippen molar-refractivity contribution >= 4 is 0 Å². The molecular formula is C10H19NO. The Hall–Kier alpha value is -0.0800. The molecule has 1 heterocycles. The summed E-state index contributed by atoms with van der Waals surface area (Å²) in [6.45, 7) is 3.36. The van der Waals surface area contributed by atoms with Crippen molar-refractivity contribution in [1.29, 1.82) is 0 Å². The molecule has 0 amide bonds. The molecule has 0 aromatic heterocycles. The van der Waals surface area contributed by atoms with Crippen LogP contribution in [0.3, 0.4) is 0 Å². The van der Waals surface area contributed by atoms with Gasteiger partial charge in [0.25, 0.3) is 0 Å². The number of aliphatic hydroxyl groups excluding tert-OH is 1. The fourth-order valence-corrected chi connectivity index (χ4v) is 2.20. The molecule has 2 nitrogen and oxygen atoms in total. The minimum absolute atomic E-state index is 0.0307. The molecule has 0 radical (unpaired) electrons. The van der Waals surface area contributed by atoms with Crippen molar-refractivity contribution in [3.63, 3.8) is 0 Å². The second-order valence-corrected chi connectivity index (χ2v) is 4.27. The van der Waals surface area contributed by atoms with Crippen LogP contribution in [-0.2, 0) is 0 Å². The monoisotopic (exact) mass is 169 g/mol. The van der Waals surface area contributed by atoms with Crippen LogP contribution in [0.2, 0.25) is 0 Å². The molecule has 2 rings (SSSR count). The highest BCUT2D eigenvalue weighted by Gasteiger charge is 2.27. The van der Waals surface area contributed by atoms with Gasteiger partial charge in [-0.15, -0.1) is 0 Å². The van der Waals surface area contributed by atoms with Gasteiger partial charge in [0.05, 0.1) is 6.10 Å². The van der Waals surface area contributed by atoms with E-state index in [1.165, 1.54) is 45.2 Å². The Balaban J connectivity index is 1.69. The van der Waals surface area contributed by atoms with E-state index in [2.05, 4.69) is 4.90 Å². The Morgan fingerprint density at radius 2 is 1.83 bits per heavy atom. The zero-order chi connectivity index (χ0) is 8.39. The summed E-state index contributed by atoms with van der Waals surface area (Å²) in [5.41, 5.74) is 0. The maximum absolute atomic E-state index is 9.79. The summed E-state index contributed by atoms with van der Waals surface area (Å²) >= 11 is 0. The van der Waals surface area contributed by atoms with E-state index < -0.39 is 0 Å². The molecule has 12 heavy (non-hydrogen) atoms. The summed E-state index contributed by atoms with van der Waals surface area (Å²) in [6.07, 6.45) is 6.48. The molecule has 1 N–H and O–H groups in total. The van der Waals surface area contributed by atoms with Crippen molar-refractivity contribution in [2.24, 2.45) is 5.92 Å². The third-order valence-electron chi connectivity index (χ3n) is 3.34. The van der Waals surface area contributed by atoms with E-state index in [9.17, 15) is 5.11 Å². The van der Waals surface area contributed by atoms with Crippen LogP contribution in [0.25, 0.3) is 0 Å². The van der Waals surface area contributed by atoms with E-state index >= 15 is 0 Å². The average molecular weight is 169 g/mol. The number of hydrogen-bond donors (Lipinski definition) is 1. The highest BCUT2D eigenvalue weighted by Crippen LogP contribution is 2.30. The fraction of sp³-hybridized carbons (Fsp3) is 1.00. The first kappa shape index (κ1) is 8.52. The van der Waals surface area contributed by atoms with Gasteiger partial charge >= 0.3 is 0 Å². The zero-order valence-electron chi connectivity index (χ0n) is 7.71. The van der Waals surface area contributed by atoms with E-state index in [0.717, 1.165) is 6.54 Å². The van der Waals surface area contributed by atoms with Gasteiger partial charge in [0.1, 0.15) is 0 Å². The Bertz CT molecular complexity index is 139. The van der Waals surface area contributed by atoms with Gasteiger partial charge in [-0.25, -0.2) is 0 Å². The van der Waals surface area contributed by atoms with Crippen LogP contribution in [0, 0.1) is 5.92 Å². The van der Waals surface area contributed by atoms with Crippen LogP contribution < -0.4 is 0 Å². The second-order valence-electron chi connectivity index (χ2n) is 4.27. The average Bonchev–Trinajstić information content (AvgIpc) is 2.34. The molecule has 1 unspecified atom stereocenters. The van der Waals surface area contributed by atoms with Gasteiger partial charge in [0.15, 0.2) is 0 Å². The molecule has 1 aliphatic carbocycles. The van der Waals surface area contributed by atoms with Crippen LogP contribution in [0.1, 0.15) is 32.1 Å². The second kappa shape index (κ2) is 3.75. The lowest BCUT2D eigenvalue weighted by atomic mass is 9.81. The maximum atomic E-state index is 9.79. The Morgan fingerprint density at radius 3 is 2.33 bits per heavy atom. The van der Waals surface area contributed by atoms with E-state index in [-0.39, 0.29) is 6.10 Å². The summed E-state index contributed by atoms with van der Waals surface area (Å²) in [4.78, 5) is 2.41. The minimum atomic E-state index is -0.0307. The van der Waals surface area contributed by atoms with Gasteiger partial charge < -0.3 is 10.0 Å². The summed E-state index contributed by atoms with van der Waals surface area (Å²) in [5.74, 6) is 0.630. The van der Waals surface area contributed by atoms with Gasteiger partial charge in [0, 0.05) is 6.54 Å². The third-order valence-corrected chi connectivity index (χ3v) is 3.34. The lowest BCUT2D eigenvalue weighted by Gasteiger charge is -2.32. The van der Waals surface area contributed by atoms with Gasteiger partial charge in [-0.05, 0) is 44.7 Å². The number of rotatable bonds is 3. The van der Waals surface area contributed by atoms with Crippen molar-refractivity contribution < 1.29 is 5.11 Å². The summed E-state index contributed by atoms with van der Waals surface area (Å²) in [5, 5.41) is 9.79. The molecule has 0 bridgehead atoms. The standard InChI is InChI=1S/C10H19NO/c12-10(9-4-3-5-9)8-11-6-1-2-7-11/h9-10,12H,1-8H2. The molecule has 1 saturated carbocycles. The van der Waals surface area contributed by atoms with Crippen LogP contribution in [-0.4, -0.2) is 35.7 Å². The first-order chi connectivity index (χ1) is 5.86. The van der Waals surface area contributed by atoms with Gasteiger partial charge in [-0.1, -0.05) is 6.42 Å². The largest absolute Gasteiger partial charge is 0.392 e. The maximum Gasteiger partial charge on any atom is 0.0695 e. The van der Waals surface area contributed by atoms with Gasteiger partial charge in [-0.2, -0.15) is 0 Å². The van der Waals surface area contributed by atoms with E-state index in [4.69, 9.17) is 0 Å². The number of nitrogens with zero attached hydrogens (tertiary/aromatic N) is 1. The van der Waals surface area contributed by atoms with E-state index in [1.807, 2.05) is 0 Å². The molecule has 2 heteroatoms. The predicted octanol–water partition coefficient (Wildman–Crippen LogP) is 1.24. The SMILES string of the molecule is OC(CN1CCCC1)C1CCC1. The molecule has 2 aliphatic rings. The normalized spacial score (nSPS) is 28.8. The molecule has 1 atom stereocenters. The number of β-amino-alcohol motifs (C(OH)–C–C–N with tert-alkyl or cyclic N) is 1. The predicted molar refractivity (Wildman–Crippen MR) is 49.0 cm³/mol. The Morgan fingerprint density at radius 1 is 1.17 bits per heavy atom. The van der Waals surface area contributed by atoms with E-state index in [0.29, 0.717) is 5.92 Å². The summed E-state index contributed by atoms with van der Waals surface area (Å²) < 4.78 is 0. The molecular weight excluding hydrogens is 150 g/mol. The Kier molecular flexibility index (Phi) is 2.66. The zero-order valence-corrected chi connectivity index (χ0v) is 7.71. The number of likely N-dealkylation sites (tertiary alicyclic amines) is 1. The minimum Gasteiger partial charge on any atom is -0.392 e. The van der Waals surface area contributed by atoms with Crippen molar-refractivity contribution in [2.45, 2.75) is 38.2 Å². The topological polar surface area (TPSA) is 23.5 Å². The van der Waals surface area contributed by atoms with Gasteiger partial charge in [0.2, 0.25) is 0 Å². The molecule has 1 saturated heterocycles. The first-order valence-electron chi connectivity index (χ1n) is 5.26. The summed E-state index contributed by atoms with van der Waals surface area (Å²) in [6, 6.07) is 0. The molecule has 70 valence electrons. The highest BCUT2D eigenvalue weighted by atomic mass is 16.3. The van der Waals surface area contributed by atoms with Crippen LogP contribution in [0.4, 0.5) is 0 Å². The molecule has 2 fully saturated rings. The lowest BCUT2D eigenvalue weighted by molar-refractivity contribution is 0.0361. The summed E-state index contributed by atoms with van der Waals surface area (Å²) in [7, 11) is 0. The molecule has 0 aromatic carbocycles. The molecule has 0 aromatic rings. The fourth-order valence-electron chi connectivity index (χ4n) is 2.20. The molecule has 1 aliphatic heterocycles. The highest BCUT2D eigenvalue weighted by molar-refractivity contribution is 4.80. The van der Waals surface area contributed by atoms with Crippen molar-refractivity contribution in [2.75, 3.05) is 19.6 Å². The van der Waals surface area contributed by atoms with Gasteiger partial charge in [-0.3, -0.25) is 0 Å². The Labute approximate surface area is 74.6 Å². The third kappa shape index (κ3) is 1.80. The first-order valence-corrected chi connectivity index (χ1v) is 5.26. The van der Waals surface area contributed by atoms with Crippen molar-refractivity contribution in [1.82, 2.24) is 4.90 Å². The van der Waals surface area contributed by atoms with Crippen LogP contribution in [0.5, 0.6) is 0 Å².